The smallest absolute Gasteiger partial charge is 0.0834 e. The van der Waals surface area contributed by atoms with E-state index in [1.54, 1.807) is 10.9 Å². The molecular weight excluding hydrogens is 202 g/mol. The number of rotatable bonds is 5. The second-order valence-electron chi connectivity index (χ2n) is 2.96. The van der Waals surface area contributed by atoms with E-state index in [9.17, 15) is 0 Å². The lowest BCUT2D eigenvalue weighted by atomic mass is 10.2. The van der Waals surface area contributed by atoms with Crippen molar-refractivity contribution in [2.45, 2.75) is 26.4 Å². The van der Waals surface area contributed by atoms with Crippen molar-refractivity contribution in [3.63, 3.8) is 0 Å². The first kappa shape index (κ1) is 11.5. The predicted molar refractivity (Wildman–Crippen MR) is 56.3 cm³/mol. The summed E-state index contributed by atoms with van der Waals surface area (Å²) in [6, 6.07) is -0.204. The van der Waals surface area contributed by atoms with E-state index in [0.717, 1.165) is 12.2 Å². The lowest BCUT2D eigenvalue weighted by Crippen LogP contribution is -2.21. The zero-order chi connectivity index (χ0) is 10.6. The molecule has 1 atom stereocenters. The molecule has 0 aliphatic heterocycles. The summed E-state index contributed by atoms with van der Waals surface area (Å²) in [6.07, 6.45) is 1.62. The molecule has 1 heterocycles. The maximum absolute atomic E-state index is 5.98. The number of hydrogen-bond donors (Lipinski definition) is 1. The third-order valence-electron chi connectivity index (χ3n) is 1.99. The quantitative estimate of drug-likeness (QED) is 0.815. The van der Waals surface area contributed by atoms with Crippen LogP contribution < -0.4 is 5.73 Å². The monoisotopic (exact) mass is 217 g/mol. The minimum atomic E-state index is -0.204. The van der Waals surface area contributed by atoms with E-state index in [0.29, 0.717) is 18.2 Å². The summed E-state index contributed by atoms with van der Waals surface area (Å²) in [5.74, 6) is 0. The summed E-state index contributed by atoms with van der Waals surface area (Å²) in [6.45, 7) is 5.83. The van der Waals surface area contributed by atoms with E-state index in [-0.39, 0.29) is 6.04 Å². The van der Waals surface area contributed by atoms with Gasteiger partial charge in [0.05, 0.1) is 29.6 Å². The highest BCUT2D eigenvalue weighted by molar-refractivity contribution is 6.31. The SMILES string of the molecule is CCOCC(N)c1c(Cl)cnn1CC. The van der Waals surface area contributed by atoms with Crippen LogP contribution in [0.25, 0.3) is 0 Å². The van der Waals surface area contributed by atoms with Gasteiger partial charge in [0.15, 0.2) is 0 Å². The summed E-state index contributed by atoms with van der Waals surface area (Å²) < 4.78 is 7.05. The van der Waals surface area contributed by atoms with Crippen molar-refractivity contribution in [2.24, 2.45) is 5.73 Å². The number of nitrogens with zero attached hydrogens (tertiary/aromatic N) is 2. The first-order valence-electron chi connectivity index (χ1n) is 4.75. The van der Waals surface area contributed by atoms with Gasteiger partial charge >= 0.3 is 0 Å². The van der Waals surface area contributed by atoms with E-state index in [1.807, 2.05) is 13.8 Å². The van der Waals surface area contributed by atoms with Gasteiger partial charge in [-0.05, 0) is 13.8 Å². The second-order valence-corrected chi connectivity index (χ2v) is 3.37. The summed E-state index contributed by atoms with van der Waals surface area (Å²) in [7, 11) is 0. The van der Waals surface area contributed by atoms with Gasteiger partial charge in [-0.1, -0.05) is 11.6 Å². The summed E-state index contributed by atoms with van der Waals surface area (Å²) in [5.41, 5.74) is 6.78. The topological polar surface area (TPSA) is 53.1 Å². The summed E-state index contributed by atoms with van der Waals surface area (Å²) >= 11 is 5.98. The van der Waals surface area contributed by atoms with Crippen LogP contribution >= 0.6 is 11.6 Å². The standard InChI is InChI=1S/C9H16ClN3O/c1-3-13-9(7(10)5-12-13)8(11)6-14-4-2/h5,8H,3-4,6,11H2,1-2H3. The minimum Gasteiger partial charge on any atom is -0.380 e. The van der Waals surface area contributed by atoms with Gasteiger partial charge in [0.1, 0.15) is 0 Å². The second kappa shape index (κ2) is 5.34. The highest BCUT2D eigenvalue weighted by Gasteiger charge is 2.15. The molecule has 1 aromatic heterocycles. The molecule has 0 spiro atoms. The van der Waals surface area contributed by atoms with Crippen molar-refractivity contribution >= 4 is 11.6 Å². The Morgan fingerprint density at radius 2 is 2.36 bits per heavy atom. The largest absolute Gasteiger partial charge is 0.380 e. The molecule has 2 N–H and O–H groups in total. The molecule has 0 radical (unpaired) electrons. The van der Waals surface area contributed by atoms with Gasteiger partial charge in [-0.3, -0.25) is 4.68 Å². The number of aryl methyl sites for hydroxylation is 1. The van der Waals surface area contributed by atoms with Crippen molar-refractivity contribution in [2.75, 3.05) is 13.2 Å². The first-order chi connectivity index (χ1) is 6.70. The molecule has 0 aliphatic carbocycles. The molecular formula is C9H16ClN3O. The number of hydrogen-bond acceptors (Lipinski definition) is 3. The molecule has 5 heteroatoms. The van der Waals surface area contributed by atoms with Crippen LogP contribution in [0.3, 0.4) is 0 Å². The number of ether oxygens (including phenoxy) is 1. The fourth-order valence-electron chi connectivity index (χ4n) is 1.32. The molecule has 0 bridgehead atoms. The Morgan fingerprint density at radius 3 is 2.93 bits per heavy atom. The fourth-order valence-corrected chi connectivity index (χ4v) is 1.60. The van der Waals surface area contributed by atoms with Crippen molar-refractivity contribution in [3.05, 3.63) is 16.9 Å². The van der Waals surface area contributed by atoms with Gasteiger partial charge in [-0.15, -0.1) is 0 Å². The van der Waals surface area contributed by atoms with Crippen molar-refractivity contribution in [3.8, 4) is 0 Å². The average Bonchev–Trinajstić information content (AvgIpc) is 2.56. The van der Waals surface area contributed by atoms with Crippen molar-refractivity contribution in [1.82, 2.24) is 9.78 Å². The maximum atomic E-state index is 5.98. The predicted octanol–water partition coefficient (Wildman–Crippen LogP) is 1.59. The Balaban J connectivity index is 2.76. The molecule has 0 fully saturated rings. The Labute approximate surface area is 89.0 Å². The zero-order valence-electron chi connectivity index (χ0n) is 8.53. The molecule has 0 aliphatic rings. The van der Waals surface area contributed by atoms with E-state index in [1.165, 1.54) is 0 Å². The molecule has 1 unspecified atom stereocenters. The van der Waals surface area contributed by atoms with Gasteiger partial charge in [0.2, 0.25) is 0 Å². The summed E-state index contributed by atoms with van der Waals surface area (Å²) in [4.78, 5) is 0. The lowest BCUT2D eigenvalue weighted by Gasteiger charge is -2.13. The lowest BCUT2D eigenvalue weighted by molar-refractivity contribution is 0.131. The van der Waals surface area contributed by atoms with E-state index in [4.69, 9.17) is 22.1 Å². The Bertz CT molecular complexity index is 288. The van der Waals surface area contributed by atoms with E-state index in [2.05, 4.69) is 5.10 Å². The number of aromatic nitrogens is 2. The van der Waals surface area contributed by atoms with Gasteiger partial charge in [0, 0.05) is 13.2 Å². The van der Waals surface area contributed by atoms with E-state index < -0.39 is 0 Å². The van der Waals surface area contributed by atoms with Crippen LogP contribution in [0.4, 0.5) is 0 Å². The van der Waals surface area contributed by atoms with Gasteiger partial charge in [-0.2, -0.15) is 5.10 Å². The van der Waals surface area contributed by atoms with Crippen molar-refractivity contribution < 1.29 is 4.74 Å². The highest BCUT2D eigenvalue weighted by Crippen LogP contribution is 2.21. The number of nitrogens with two attached hydrogens (primary N) is 1. The molecule has 0 amide bonds. The van der Waals surface area contributed by atoms with Gasteiger partial charge in [0.25, 0.3) is 0 Å². The molecule has 0 saturated heterocycles. The third kappa shape index (κ3) is 2.47. The molecule has 0 saturated carbocycles. The summed E-state index contributed by atoms with van der Waals surface area (Å²) in [5, 5.41) is 4.72. The normalized spacial score (nSPS) is 13.1. The fraction of sp³-hybridized carbons (Fsp3) is 0.667. The van der Waals surface area contributed by atoms with Crippen LogP contribution in [0.15, 0.2) is 6.20 Å². The zero-order valence-corrected chi connectivity index (χ0v) is 9.29. The Hall–Kier alpha value is -0.580. The maximum Gasteiger partial charge on any atom is 0.0834 e. The van der Waals surface area contributed by atoms with Crippen molar-refractivity contribution in [1.29, 1.82) is 0 Å². The molecule has 80 valence electrons. The van der Waals surface area contributed by atoms with Gasteiger partial charge < -0.3 is 10.5 Å². The van der Waals surface area contributed by atoms with Crippen LogP contribution in [0, 0.1) is 0 Å². The average molecular weight is 218 g/mol. The van der Waals surface area contributed by atoms with Crippen LogP contribution in [-0.4, -0.2) is 23.0 Å². The first-order valence-corrected chi connectivity index (χ1v) is 5.13. The number of halogens is 1. The van der Waals surface area contributed by atoms with Crippen LogP contribution in [0.2, 0.25) is 5.02 Å². The van der Waals surface area contributed by atoms with E-state index >= 15 is 0 Å². The molecule has 1 aromatic rings. The molecule has 1 rings (SSSR count). The van der Waals surface area contributed by atoms with Crippen LogP contribution in [-0.2, 0) is 11.3 Å². The van der Waals surface area contributed by atoms with Crippen LogP contribution in [0.5, 0.6) is 0 Å². The Kier molecular flexibility index (Phi) is 4.38. The third-order valence-corrected chi connectivity index (χ3v) is 2.28. The van der Waals surface area contributed by atoms with Crippen LogP contribution in [0.1, 0.15) is 25.6 Å². The van der Waals surface area contributed by atoms with Gasteiger partial charge in [-0.25, -0.2) is 0 Å². The molecule has 0 aromatic carbocycles. The molecule has 4 nitrogen and oxygen atoms in total. The molecule has 14 heavy (non-hydrogen) atoms. The Morgan fingerprint density at radius 1 is 1.64 bits per heavy atom. The highest BCUT2D eigenvalue weighted by atomic mass is 35.5. The minimum absolute atomic E-state index is 0.204.